The van der Waals surface area contributed by atoms with E-state index in [0.717, 1.165) is 11.6 Å². The molecule has 0 fully saturated rings. The molecule has 0 bridgehead atoms. The monoisotopic (exact) mass is 454 g/mol. The van der Waals surface area contributed by atoms with Crippen molar-refractivity contribution < 1.29 is 18.1 Å². The number of non-ortho nitro benzene ring substituents is 1. The molecule has 1 heterocycles. The smallest absolute Gasteiger partial charge is 0.270 e. The van der Waals surface area contributed by atoms with Gasteiger partial charge in [-0.25, -0.2) is 18.1 Å². The van der Waals surface area contributed by atoms with Crippen molar-refractivity contribution in [3.05, 3.63) is 74.4 Å². The lowest BCUT2D eigenvalue weighted by molar-refractivity contribution is -0.385. The van der Waals surface area contributed by atoms with Gasteiger partial charge in [0.05, 0.1) is 14.8 Å². The highest BCUT2D eigenvalue weighted by Gasteiger charge is 2.20. The van der Waals surface area contributed by atoms with Crippen molar-refractivity contribution >= 4 is 44.9 Å². The van der Waals surface area contributed by atoms with E-state index in [-0.39, 0.29) is 27.6 Å². The number of anilines is 1. The quantitative estimate of drug-likeness (QED) is 0.327. The first kappa shape index (κ1) is 20.8. The van der Waals surface area contributed by atoms with Gasteiger partial charge in [0, 0.05) is 18.2 Å². The van der Waals surface area contributed by atoms with Crippen molar-refractivity contribution in [1.82, 2.24) is 9.97 Å². The second kappa shape index (κ2) is 8.19. The topological polar surface area (TPSA) is 124 Å². The van der Waals surface area contributed by atoms with Crippen molar-refractivity contribution in [1.29, 1.82) is 0 Å². The molecule has 0 saturated carbocycles. The van der Waals surface area contributed by atoms with Crippen LogP contribution >= 0.6 is 23.2 Å². The van der Waals surface area contributed by atoms with Gasteiger partial charge >= 0.3 is 0 Å². The fourth-order valence-electron chi connectivity index (χ4n) is 2.29. The van der Waals surface area contributed by atoms with Gasteiger partial charge in [-0.3, -0.25) is 10.1 Å². The molecule has 3 aromatic rings. The number of nitro benzene ring substituents is 1. The highest BCUT2D eigenvalue weighted by Crippen LogP contribution is 2.32. The maximum absolute atomic E-state index is 12.5. The number of hydrogen-bond acceptors (Lipinski definition) is 7. The van der Waals surface area contributed by atoms with Gasteiger partial charge in [0.15, 0.2) is 5.75 Å². The Balaban J connectivity index is 1.92. The van der Waals surface area contributed by atoms with Crippen molar-refractivity contribution in [2.24, 2.45) is 0 Å². The standard InChI is InChI=1S/C17H12Cl2N4O5S/c1-10-4-2-7-13(18)16(10)28-15-9-14(19)20-17(21-15)22-29(26,27)12-6-3-5-11(8-12)23(24)25/h2-9H,1H3,(H,20,21,22). The third-order valence-electron chi connectivity index (χ3n) is 3.61. The van der Waals surface area contributed by atoms with Crippen molar-refractivity contribution in [2.75, 3.05) is 4.72 Å². The Bertz CT molecular complexity index is 1180. The number of nitrogens with zero attached hydrogens (tertiary/aromatic N) is 3. The van der Waals surface area contributed by atoms with Crippen molar-refractivity contribution in [3.8, 4) is 11.6 Å². The molecule has 29 heavy (non-hydrogen) atoms. The van der Waals surface area contributed by atoms with Gasteiger partial charge in [-0.15, -0.1) is 0 Å². The SMILES string of the molecule is Cc1cccc(Cl)c1Oc1cc(Cl)nc(NS(=O)(=O)c2cccc([N+](=O)[O-])c2)n1. The first-order valence-corrected chi connectivity index (χ1v) is 10.1. The molecule has 0 saturated heterocycles. The number of nitro groups is 1. The molecule has 0 aliphatic carbocycles. The van der Waals surface area contributed by atoms with Crippen LogP contribution in [0.3, 0.4) is 0 Å². The number of hydrogen-bond donors (Lipinski definition) is 1. The molecule has 0 atom stereocenters. The van der Waals surface area contributed by atoms with E-state index in [9.17, 15) is 18.5 Å². The van der Waals surface area contributed by atoms with Crippen LogP contribution in [-0.4, -0.2) is 23.3 Å². The van der Waals surface area contributed by atoms with Gasteiger partial charge < -0.3 is 4.74 Å². The summed E-state index contributed by atoms with van der Waals surface area (Å²) >= 11 is 12.1. The number of sulfonamides is 1. The molecule has 0 unspecified atom stereocenters. The minimum atomic E-state index is -4.21. The molecule has 3 rings (SSSR count). The number of aromatic nitrogens is 2. The van der Waals surface area contributed by atoms with Crippen LogP contribution in [0.15, 0.2) is 53.4 Å². The van der Waals surface area contributed by atoms with E-state index in [4.69, 9.17) is 27.9 Å². The van der Waals surface area contributed by atoms with E-state index in [1.54, 1.807) is 25.1 Å². The van der Waals surface area contributed by atoms with E-state index >= 15 is 0 Å². The molecule has 1 N–H and O–H groups in total. The predicted molar refractivity (Wildman–Crippen MR) is 107 cm³/mol. The number of aryl methyl sites for hydroxylation is 1. The summed E-state index contributed by atoms with van der Waals surface area (Å²) < 4.78 is 32.9. The van der Waals surface area contributed by atoms with Gasteiger partial charge in [0.1, 0.15) is 5.15 Å². The van der Waals surface area contributed by atoms with Crippen LogP contribution in [0.4, 0.5) is 11.6 Å². The number of rotatable bonds is 6. The van der Waals surface area contributed by atoms with Crippen LogP contribution in [0.25, 0.3) is 0 Å². The van der Waals surface area contributed by atoms with Crippen molar-refractivity contribution in [2.45, 2.75) is 11.8 Å². The third kappa shape index (κ3) is 4.91. The zero-order chi connectivity index (χ0) is 21.2. The van der Waals surface area contributed by atoms with Crippen molar-refractivity contribution in [3.63, 3.8) is 0 Å². The lowest BCUT2D eigenvalue weighted by atomic mass is 10.2. The van der Waals surface area contributed by atoms with Gasteiger partial charge in [0.25, 0.3) is 15.7 Å². The van der Waals surface area contributed by atoms with Crippen LogP contribution in [0.1, 0.15) is 5.56 Å². The molecule has 12 heteroatoms. The number of ether oxygens (including phenoxy) is 1. The van der Waals surface area contributed by atoms with Gasteiger partial charge in [0.2, 0.25) is 11.8 Å². The second-order valence-electron chi connectivity index (χ2n) is 5.70. The molecule has 2 aromatic carbocycles. The number of nitrogens with one attached hydrogen (secondary N) is 1. The van der Waals surface area contributed by atoms with E-state index in [0.29, 0.717) is 10.8 Å². The fourth-order valence-corrected chi connectivity index (χ4v) is 3.71. The molecule has 0 radical (unpaired) electrons. The summed E-state index contributed by atoms with van der Waals surface area (Å²) in [6.45, 7) is 1.77. The average molecular weight is 455 g/mol. The highest BCUT2D eigenvalue weighted by molar-refractivity contribution is 7.92. The maximum Gasteiger partial charge on any atom is 0.270 e. The summed E-state index contributed by atoms with van der Waals surface area (Å²) in [7, 11) is -4.21. The summed E-state index contributed by atoms with van der Waals surface area (Å²) in [6.07, 6.45) is 0. The minimum Gasteiger partial charge on any atom is -0.437 e. The molecule has 1 aromatic heterocycles. The van der Waals surface area contributed by atoms with Gasteiger partial charge in [-0.2, -0.15) is 4.98 Å². The predicted octanol–water partition coefficient (Wildman–Crippen LogP) is 4.59. The Kier molecular flexibility index (Phi) is 5.87. The molecular formula is C17H12Cl2N4O5S. The van der Waals surface area contributed by atoms with E-state index in [1.807, 2.05) is 0 Å². The van der Waals surface area contributed by atoms with Gasteiger partial charge in [-0.1, -0.05) is 41.4 Å². The second-order valence-corrected chi connectivity index (χ2v) is 8.18. The van der Waals surface area contributed by atoms with E-state index in [2.05, 4.69) is 14.7 Å². The number of halogens is 2. The molecule has 150 valence electrons. The van der Waals surface area contributed by atoms with Crippen LogP contribution in [0, 0.1) is 17.0 Å². The summed E-state index contributed by atoms with van der Waals surface area (Å²) in [5.74, 6) is -0.0851. The number of benzene rings is 2. The first-order valence-electron chi connectivity index (χ1n) is 7.90. The Morgan fingerprint density at radius 1 is 1.10 bits per heavy atom. The molecular weight excluding hydrogens is 443 g/mol. The van der Waals surface area contributed by atoms with Crippen LogP contribution in [0.2, 0.25) is 10.2 Å². The summed E-state index contributed by atoms with van der Waals surface area (Å²) in [5, 5.41) is 11.1. The first-order chi connectivity index (χ1) is 13.7. The van der Waals surface area contributed by atoms with E-state index < -0.39 is 14.9 Å². The Morgan fingerprint density at radius 3 is 2.52 bits per heavy atom. The fraction of sp³-hybridized carbons (Fsp3) is 0.0588. The average Bonchev–Trinajstić information content (AvgIpc) is 2.64. The zero-order valence-corrected chi connectivity index (χ0v) is 17.0. The lowest BCUT2D eigenvalue weighted by Gasteiger charge is -2.11. The van der Waals surface area contributed by atoms with E-state index in [1.165, 1.54) is 24.3 Å². The number of para-hydroxylation sites is 1. The third-order valence-corrected chi connectivity index (χ3v) is 5.42. The lowest BCUT2D eigenvalue weighted by Crippen LogP contribution is -2.15. The summed E-state index contributed by atoms with van der Waals surface area (Å²) in [6, 6.07) is 11.0. The highest BCUT2D eigenvalue weighted by atomic mass is 35.5. The largest absolute Gasteiger partial charge is 0.437 e. The Labute approximate surface area is 175 Å². The van der Waals surface area contributed by atoms with Crippen LogP contribution < -0.4 is 9.46 Å². The Morgan fingerprint density at radius 2 is 1.83 bits per heavy atom. The Hall–Kier alpha value is -2.95. The zero-order valence-electron chi connectivity index (χ0n) is 14.7. The van der Waals surface area contributed by atoms with Crippen LogP contribution in [0.5, 0.6) is 11.6 Å². The molecule has 0 aliphatic rings. The minimum absolute atomic E-state index is 0.0436. The molecule has 0 spiro atoms. The maximum atomic E-state index is 12.5. The molecule has 9 nitrogen and oxygen atoms in total. The van der Waals surface area contributed by atoms with Gasteiger partial charge in [-0.05, 0) is 24.6 Å². The normalized spacial score (nSPS) is 11.1. The molecule has 0 amide bonds. The molecule has 0 aliphatic heterocycles. The summed E-state index contributed by atoms with van der Waals surface area (Å²) in [4.78, 5) is 17.6. The van der Waals surface area contributed by atoms with Crippen LogP contribution in [-0.2, 0) is 10.0 Å². The summed E-state index contributed by atoms with van der Waals surface area (Å²) in [5.41, 5.74) is 0.351.